The first kappa shape index (κ1) is 123. The van der Waals surface area contributed by atoms with Gasteiger partial charge in [-0.15, -0.1) is 0 Å². The van der Waals surface area contributed by atoms with E-state index in [1.54, 1.807) is 13.8 Å². The fourth-order valence-electron chi connectivity index (χ4n) is 11.4. The second-order valence-electron chi connectivity index (χ2n) is 30.9. The van der Waals surface area contributed by atoms with Crippen LogP contribution in [0.4, 0.5) is 0 Å². The summed E-state index contributed by atoms with van der Waals surface area (Å²) in [6.45, 7) is 50.8. The minimum Gasteiger partial charge on any atom is -0.459 e. The Hall–Kier alpha value is -1.58. The average Bonchev–Trinajstić information content (AvgIpc) is 1.37. The molecular weight excluding hydrogens is 1270 g/mol. The molecule has 104 heavy (non-hydrogen) atoms. The summed E-state index contributed by atoms with van der Waals surface area (Å²) >= 11 is 0. The van der Waals surface area contributed by atoms with Crippen LogP contribution in [0.25, 0.3) is 0 Å². The van der Waals surface area contributed by atoms with Crippen molar-refractivity contribution in [2.45, 2.75) is 601 Å². The molecule has 0 aliphatic carbocycles. The van der Waals surface area contributed by atoms with E-state index in [-0.39, 0.29) is 13.2 Å². The van der Waals surface area contributed by atoms with Crippen LogP contribution in [0.15, 0.2) is 24.3 Å². The van der Waals surface area contributed by atoms with Gasteiger partial charge >= 0.3 is 11.9 Å². The average molecular weight is 1480 g/mol. The third-order valence-electron chi connectivity index (χ3n) is 18.9. The van der Waals surface area contributed by atoms with Gasteiger partial charge in [-0.1, -0.05) is 600 Å². The van der Waals surface area contributed by atoms with Crippen molar-refractivity contribution >= 4 is 11.9 Å². The molecule has 0 rings (SSSR count). The van der Waals surface area contributed by atoms with Crippen LogP contribution in [-0.2, 0) is 19.1 Å². The van der Waals surface area contributed by atoms with Crippen molar-refractivity contribution in [3.8, 4) is 0 Å². The molecule has 636 valence electrons. The zero-order valence-corrected chi connectivity index (χ0v) is 77.4. The fourth-order valence-corrected chi connectivity index (χ4v) is 11.4. The quantitative estimate of drug-likeness (QED) is 0.0346. The van der Waals surface area contributed by atoms with Crippen molar-refractivity contribution < 1.29 is 19.1 Å². The number of esters is 2. The molecule has 4 nitrogen and oxygen atoms in total. The predicted octanol–water partition coefficient (Wildman–Crippen LogP) is 38.5. The van der Waals surface area contributed by atoms with Crippen molar-refractivity contribution in [3.05, 3.63) is 24.3 Å². The summed E-state index contributed by atoms with van der Waals surface area (Å²) in [5.74, 6) is -0.979. The monoisotopic (exact) mass is 1480 g/mol. The van der Waals surface area contributed by atoms with Crippen molar-refractivity contribution in [2.75, 3.05) is 13.2 Å². The van der Waals surface area contributed by atoms with Gasteiger partial charge in [-0.05, 0) is 13.8 Å². The first-order chi connectivity index (χ1) is 50.7. The van der Waals surface area contributed by atoms with Crippen molar-refractivity contribution in [3.63, 3.8) is 0 Å². The number of hydrogen-bond donors (Lipinski definition) is 0. The van der Waals surface area contributed by atoms with Gasteiger partial charge in [0.2, 0.25) is 0 Å². The maximum atomic E-state index is 10.8. The maximum Gasteiger partial charge on any atom is 0.333 e. The summed E-state index contributed by atoms with van der Waals surface area (Å²) < 4.78 is 9.38. The van der Waals surface area contributed by atoms with Crippen LogP contribution in [0, 0.1) is 0 Å². The van der Waals surface area contributed by atoms with Gasteiger partial charge in [0.05, 0.1) is 0 Å². The summed E-state index contributed by atoms with van der Waals surface area (Å²) in [6.07, 6.45) is 103. The number of carbonyl (C=O) groups is 2. The smallest absolute Gasteiger partial charge is 0.333 e. The van der Waals surface area contributed by atoms with E-state index in [1.165, 1.54) is 462 Å². The summed E-state index contributed by atoms with van der Waals surface area (Å²) in [7, 11) is 0. The Balaban J connectivity index is -0.000000118. The lowest BCUT2D eigenvalue weighted by Gasteiger charge is -2.05. The Kier molecular flexibility index (Phi) is 162. The van der Waals surface area contributed by atoms with E-state index in [0.717, 1.165) is 0 Å². The fraction of sp³-hybridized carbons (Fsp3) is 0.940. The summed E-state index contributed by atoms with van der Waals surface area (Å²) in [5.41, 5.74) is 0.632. The maximum absolute atomic E-state index is 10.8. The van der Waals surface area contributed by atoms with E-state index in [4.69, 9.17) is 0 Å². The van der Waals surface area contributed by atoms with Crippen LogP contribution in [0.3, 0.4) is 0 Å². The van der Waals surface area contributed by atoms with Crippen LogP contribution in [0.1, 0.15) is 601 Å². The lowest BCUT2D eigenvalue weighted by atomic mass is 10.1. The number of ether oxygens (including phenoxy) is 2. The summed E-state index contributed by atoms with van der Waals surface area (Å²) in [5, 5.41) is 0. The molecule has 0 radical (unpaired) electrons. The van der Waals surface area contributed by atoms with E-state index >= 15 is 0 Å². The minimum absolute atomic E-state index is 0.0325. The zero-order valence-electron chi connectivity index (χ0n) is 77.4. The van der Waals surface area contributed by atoms with Crippen molar-refractivity contribution in [1.82, 2.24) is 0 Å². The normalized spacial score (nSPS) is 10.0. The standard InChI is InChI=1S/C10H14O4.9C10H22/c1-7(2)9(11)13-5-6-14-10(12)8(3)4;9*1-3-5-7-9-10-8-6-4-2/h1,3,5-6H2,2,4H3;9*3-10H2,1-2H3. The second kappa shape index (κ2) is 137. The Labute approximate surface area is 665 Å². The van der Waals surface area contributed by atoms with Crippen LogP contribution >= 0.6 is 0 Å². The largest absolute Gasteiger partial charge is 0.459 e. The molecular formula is C100H212O4. The molecule has 4 heteroatoms. The highest BCUT2D eigenvalue weighted by molar-refractivity contribution is 5.87. The van der Waals surface area contributed by atoms with Crippen LogP contribution < -0.4 is 0 Å². The van der Waals surface area contributed by atoms with Crippen LogP contribution in [0.2, 0.25) is 0 Å². The van der Waals surface area contributed by atoms with Gasteiger partial charge in [0.15, 0.2) is 0 Å². The minimum atomic E-state index is -0.489. The highest BCUT2D eigenvalue weighted by Gasteiger charge is 2.06. The van der Waals surface area contributed by atoms with Gasteiger partial charge in [0.25, 0.3) is 0 Å². The zero-order chi connectivity index (χ0) is 80.0. The molecule has 0 atom stereocenters. The second-order valence-corrected chi connectivity index (χ2v) is 30.9. The van der Waals surface area contributed by atoms with Crippen molar-refractivity contribution in [2.24, 2.45) is 0 Å². The van der Waals surface area contributed by atoms with Gasteiger partial charge in [-0.2, -0.15) is 0 Å². The van der Waals surface area contributed by atoms with Crippen LogP contribution in [0.5, 0.6) is 0 Å². The number of unbranched alkanes of at least 4 members (excludes halogenated alkanes) is 63. The molecule has 0 N–H and O–H groups in total. The molecule has 0 aliphatic heterocycles. The molecule has 0 amide bonds. The highest BCUT2D eigenvalue weighted by Crippen LogP contribution is 2.15. The molecule has 0 saturated heterocycles. The third-order valence-corrected chi connectivity index (χ3v) is 18.9. The molecule has 0 aliphatic rings. The molecule has 0 spiro atoms. The lowest BCUT2D eigenvalue weighted by Crippen LogP contribution is -2.14. The summed E-state index contributed by atoms with van der Waals surface area (Å²) in [6, 6.07) is 0. The number of rotatable bonds is 68. The third kappa shape index (κ3) is 170. The first-order valence-electron chi connectivity index (χ1n) is 48.3. The topological polar surface area (TPSA) is 52.6 Å². The molecule has 0 aromatic rings. The Morgan fingerprint density at radius 2 is 0.221 bits per heavy atom. The molecule has 0 saturated carbocycles. The SMILES string of the molecule is C=C(C)C(=O)OCCOC(=O)C(=C)C.CCCCCCCCCC.CCCCCCCCCC.CCCCCCCCCC.CCCCCCCCCC.CCCCCCCCCC.CCCCCCCCCC.CCCCCCCCCC.CCCCCCCCCC.CCCCCCCCCC. The predicted molar refractivity (Wildman–Crippen MR) is 486 cm³/mol. The lowest BCUT2D eigenvalue weighted by molar-refractivity contribution is -0.147. The Morgan fingerprint density at radius 3 is 0.279 bits per heavy atom. The molecule has 0 fully saturated rings. The van der Waals surface area contributed by atoms with Gasteiger partial charge in [0, 0.05) is 11.1 Å². The van der Waals surface area contributed by atoms with Gasteiger partial charge < -0.3 is 9.47 Å². The molecule has 0 aromatic heterocycles. The van der Waals surface area contributed by atoms with E-state index < -0.39 is 11.9 Å². The van der Waals surface area contributed by atoms with E-state index in [9.17, 15) is 9.59 Å². The molecule has 0 heterocycles. The van der Waals surface area contributed by atoms with E-state index in [0.29, 0.717) is 11.1 Å². The Morgan fingerprint density at radius 1 is 0.154 bits per heavy atom. The van der Waals surface area contributed by atoms with Crippen molar-refractivity contribution in [1.29, 1.82) is 0 Å². The molecule has 0 bridgehead atoms. The summed E-state index contributed by atoms with van der Waals surface area (Å²) in [4.78, 5) is 21.7. The van der Waals surface area contributed by atoms with E-state index in [2.05, 4.69) is 147 Å². The number of hydrogen-bond acceptors (Lipinski definition) is 4. The van der Waals surface area contributed by atoms with Gasteiger partial charge in [0.1, 0.15) is 13.2 Å². The number of carbonyl (C=O) groups excluding carboxylic acids is 2. The molecule has 0 unspecified atom stereocenters. The first-order valence-corrected chi connectivity index (χ1v) is 48.3. The van der Waals surface area contributed by atoms with E-state index in [1.807, 2.05) is 0 Å². The molecule has 0 aromatic carbocycles. The van der Waals surface area contributed by atoms with Crippen LogP contribution in [-0.4, -0.2) is 25.2 Å². The van der Waals surface area contributed by atoms with Gasteiger partial charge in [-0.3, -0.25) is 0 Å². The highest BCUT2D eigenvalue weighted by atomic mass is 16.6. The van der Waals surface area contributed by atoms with Gasteiger partial charge in [-0.25, -0.2) is 9.59 Å². The Bertz CT molecular complexity index is 1010.